The van der Waals surface area contributed by atoms with E-state index in [4.69, 9.17) is 20.8 Å². The molecule has 33 heavy (non-hydrogen) atoms. The summed E-state index contributed by atoms with van der Waals surface area (Å²) in [4.78, 5) is 28.7. The summed E-state index contributed by atoms with van der Waals surface area (Å²) >= 11 is 7.48. The fourth-order valence-corrected chi connectivity index (χ4v) is 5.27. The van der Waals surface area contributed by atoms with Crippen LogP contribution in [0.5, 0.6) is 5.75 Å². The maximum Gasteiger partial charge on any atom is 0.297 e. The number of methoxy groups -OCH3 is 1. The van der Waals surface area contributed by atoms with Gasteiger partial charge in [0.05, 0.1) is 24.1 Å². The Kier molecular flexibility index (Phi) is 5.42. The van der Waals surface area contributed by atoms with E-state index < -0.39 is 11.9 Å². The summed E-state index contributed by atoms with van der Waals surface area (Å²) in [5.74, 6) is 0.651. The Morgan fingerprint density at radius 1 is 1.15 bits per heavy atom. The van der Waals surface area contributed by atoms with Gasteiger partial charge in [0.1, 0.15) is 16.3 Å². The quantitative estimate of drug-likeness (QED) is 0.386. The Morgan fingerprint density at radius 3 is 2.61 bits per heavy atom. The standard InChI is InChI=1S/C24H20ClN3O4S/c1-12(2)10-18-26-27-24(33-18)28-20(13-4-7-15(31-3)8-5-13)19-21(29)16-11-14(25)6-9-17(16)32-22(19)23(28)30/h4-9,11-12,20H,10H2,1-3H3/t20-/m1/s1. The number of amides is 1. The Hall–Kier alpha value is -3.23. The van der Waals surface area contributed by atoms with E-state index in [0.29, 0.717) is 32.8 Å². The Bertz CT molecular complexity index is 1430. The molecule has 1 atom stereocenters. The second-order valence-corrected chi connectivity index (χ2v) is 9.72. The van der Waals surface area contributed by atoms with Gasteiger partial charge in [0.15, 0.2) is 5.43 Å². The van der Waals surface area contributed by atoms with Gasteiger partial charge in [0, 0.05) is 11.4 Å². The molecule has 0 N–H and O–H groups in total. The number of aromatic nitrogens is 2. The first-order valence-electron chi connectivity index (χ1n) is 10.4. The Labute approximate surface area is 198 Å². The minimum Gasteiger partial charge on any atom is -0.497 e. The van der Waals surface area contributed by atoms with Crippen LogP contribution in [0.4, 0.5) is 5.13 Å². The highest BCUT2D eigenvalue weighted by atomic mass is 35.5. The lowest BCUT2D eigenvalue weighted by atomic mass is 9.98. The minimum atomic E-state index is -0.710. The third kappa shape index (κ3) is 3.69. The van der Waals surface area contributed by atoms with Gasteiger partial charge in [-0.2, -0.15) is 0 Å². The molecule has 3 heterocycles. The second kappa shape index (κ2) is 8.28. The van der Waals surface area contributed by atoms with Gasteiger partial charge in [-0.05, 0) is 41.8 Å². The minimum absolute atomic E-state index is 0.0104. The van der Waals surface area contributed by atoms with Crippen LogP contribution in [0, 0.1) is 5.92 Å². The topological polar surface area (TPSA) is 85.5 Å². The lowest BCUT2D eigenvalue weighted by Crippen LogP contribution is -2.29. The number of carbonyl (C=O) groups is 1. The number of benzene rings is 2. The molecule has 5 rings (SSSR count). The molecule has 1 aliphatic rings. The average molecular weight is 482 g/mol. The van der Waals surface area contributed by atoms with Crippen LogP contribution in [-0.2, 0) is 6.42 Å². The summed E-state index contributed by atoms with van der Waals surface area (Å²) < 4.78 is 11.2. The van der Waals surface area contributed by atoms with Gasteiger partial charge < -0.3 is 9.15 Å². The van der Waals surface area contributed by atoms with Crippen LogP contribution in [0.3, 0.4) is 0 Å². The third-order valence-corrected chi connectivity index (χ3v) is 6.69. The summed E-state index contributed by atoms with van der Waals surface area (Å²) in [5.41, 5.74) is 1.01. The smallest absolute Gasteiger partial charge is 0.297 e. The fraction of sp³-hybridized carbons (Fsp3) is 0.250. The molecule has 168 valence electrons. The van der Waals surface area contributed by atoms with Crippen molar-refractivity contribution in [2.24, 2.45) is 5.92 Å². The van der Waals surface area contributed by atoms with Gasteiger partial charge in [-0.15, -0.1) is 10.2 Å². The number of carbonyl (C=O) groups excluding carboxylic acids is 1. The molecule has 0 radical (unpaired) electrons. The molecule has 0 saturated heterocycles. The van der Waals surface area contributed by atoms with Crippen molar-refractivity contribution in [3.8, 4) is 5.75 Å². The van der Waals surface area contributed by atoms with Crippen LogP contribution in [0.2, 0.25) is 5.02 Å². The van der Waals surface area contributed by atoms with Crippen LogP contribution in [0.15, 0.2) is 51.7 Å². The van der Waals surface area contributed by atoms with E-state index in [1.807, 2.05) is 12.1 Å². The summed E-state index contributed by atoms with van der Waals surface area (Å²) in [5, 5.41) is 10.6. The van der Waals surface area contributed by atoms with Crippen LogP contribution >= 0.6 is 22.9 Å². The van der Waals surface area contributed by atoms with Crippen molar-refractivity contribution in [3.05, 3.63) is 79.6 Å². The van der Waals surface area contributed by atoms with Gasteiger partial charge in [0.2, 0.25) is 10.9 Å². The molecule has 4 aromatic rings. The number of anilines is 1. The molecule has 1 amide bonds. The molecule has 0 aliphatic carbocycles. The number of hydrogen-bond acceptors (Lipinski definition) is 7. The average Bonchev–Trinajstić information content (AvgIpc) is 3.36. The number of rotatable bonds is 5. The van der Waals surface area contributed by atoms with Crippen molar-refractivity contribution in [2.75, 3.05) is 12.0 Å². The number of hydrogen-bond donors (Lipinski definition) is 0. The number of nitrogens with zero attached hydrogens (tertiary/aromatic N) is 3. The van der Waals surface area contributed by atoms with Crippen molar-refractivity contribution >= 4 is 44.9 Å². The number of ether oxygens (including phenoxy) is 1. The fourth-order valence-electron chi connectivity index (χ4n) is 4.02. The number of halogens is 1. The first-order valence-corrected chi connectivity index (χ1v) is 11.6. The summed E-state index contributed by atoms with van der Waals surface area (Å²) in [7, 11) is 1.58. The van der Waals surface area contributed by atoms with Crippen LogP contribution in [0.25, 0.3) is 11.0 Å². The van der Waals surface area contributed by atoms with Gasteiger partial charge >= 0.3 is 0 Å². The van der Waals surface area contributed by atoms with Crippen molar-refractivity contribution in [1.82, 2.24) is 10.2 Å². The van der Waals surface area contributed by atoms with Crippen molar-refractivity contribution in [1.29, 1.82) is 0 Å². The second-order valence-electron chi connectivity index (χ2n) is 8.24. The number of fused-ring (bicyclic) bond motifs is 2. The molecule has 1 aliphatic heterocycles. The van der Waals surface area contributed by atoms with Crippen molar-refractivity contribution < 1.29 is 13.9 Å². The van der Waals surface area contributed by atoms with E-state index >= 15 is 0 Å². The summed E-state index contributed by atoms with van der Waals surface area (Å²) in [6, 6.07) is 11.3. The molecule has 7 nitrogen and oxygen atoms in total. The van der Waals surface area contributed by atoms with Gasteiger partial charge in [0.25, 0.3) is 5.91 Å². The van der Waals surface area contributed by atoms with E-state index in [1.165, 1.54) is 16.2 Å². The van der Waals surface area contributed by atoms with E-state index in [-0.39, 0.29) is 16.8 Å². The van der Waals surface area contributed by atoms with Crippen LogP contribution in [0.1, 0.15) is 46.6 Å². The van der Waals surface area contributed by atoms with E-state index in [9.17, 15) is 9.59 Å². The zero-order valence-corrected chi connectivity index (χ0v) is 19.7. The largest absolute Gasteiger partial charge is 0.497 e. The van der Waals surface area contributed by atoms with Gasteiger partial charge in [-0.3, -0.25) is 14.5 Å². The highest BCUT2D eigenvalue weighted by Crippen LogP contribution is 2.42. The Morgan fingerprint density at radius 2 is 1.91 bits per heavy atom. The SMILES string of the molecule is COc1ccc([C@@H]2c3c(oc4ccc(Cl)cc4c3=O)C(=O)N2c2nnc(CC(C)C)s2)cc1. The molecule has 9 heteroatoms. The van der Waals surface area contributed by atoms with E-state index in [2.05, 4.69) is 24.0 Å². The zero-order chi connectivity index (χ0) is 23.3. The lowest BCUT2D eigenvalue weighted by molar-refractivity contribution is 0.0970. The molecule has 0 unspecified atom stereocenters. The predicted molar refractivity (Wildman–Crippen MR) is 128 cm³/mol. The lowest BCUT2D eigenvalue weighted by Gasteiger charge is -2.22. The van der Waals surface area contributed by atoms with Crippen molar-refractivity contribution in [2.45, 2.75) is 26.3 Å². The molecule has 2 aromatic carbocycles. The molecule has 0 spiro atoms. The molecular formula is C24H20ClN3O4S. The highest BCUT2D eigenvalue weighted by Gasteiger charge is 2.45. The van der Waals surface area contributed by atoms with Crippen LogP contribution in [-0.4, -0.2) is 23.2 Å². The van der Waals surface area contributed by atoms with Crippen LogP contribution < -0.4 is 15.1 Å². The Balaban J connectivity index is 1.73. The maximum atomic E-state index is 13.6. The van der Waals surface area contributed by atoms with Gasteiger partial charge in [-0.1, -0.05) is 48.9 Å². The van der Waals surface area contributed by atoms with E-state index in [1.54, 1.807) is 37.4 Å². The molecule has 0 saturated carbocycles. The molecule has 2 aromatic heterocycles. The molecule has 0 fully saturated rings. The first-order chi connectivity index (χ1) is 15.9. The zero-order valence-electron chi connectivity index (χ0n) is 18.2. The molecule has 0 bridgehead atoms. The third-order valence-electron chi connectivity index (χ3n) is 5.51. The van der Waals surface area contributed by atoms with Crippen molar-refractivity contribution in [3.63, 3.8) is 0 Å². The molecular weight excluding hydrogens is 462 g/mol. The summed E-state index contributed by atoms with van der Waals surface area (Å²) in [6.07, 6.45) is 0.749. The maximum absolute atomic E-state index is 13.6. The first kappa shape index (κ1) is 21.6. The normalized spacial score (nSPS) is 15.5. The predicted octanol–water partition coefficient (Wildman–Crippen LogP) is 5.25. The van der Waals surface area contributed by atoms with E-state index in [0.717, 1.165) is 17.0 Å². The summed E-state index contributed by atoms with van der Waals surface area (Å²) in [6.45, 7) is 4.19. The monoisotopic (exact) mass is 481 g/mol. The highest BCUT2D eigenvalue weighted by molar-refractivity contribution is 7.15. The van der Waals surface area contributed by atoms with Gasteiger partial charge in [-0.25, -0.2) is 0 Å².